The van der Waals surface area contributed by atoms with Gasteiger partial charge in [0.15, 0.2) is 0 Å². The van der Waals surface area contributed by atoms with E-state index >= 15 is 0 Å². The Kier molecular flexibility index (Phi) is 3.00. The van der Waals surface area contributed by atoms with Crippen molar-refractivity contribution in [2.45, 2.75) is 0 Å². The summed E-state index contributed by atoms with van der Waals surface area (Å²) in [5.41, 5.74) is 5.76. The number of nitrogens with zero attached hydrogens (tertiary/aromatic N) is 3. The number of hydrogen-bond donors (Lipinski definition) is 0. The molecule has 0 amide bonds. The quantitative estimate of drug-likeness (QED) is 0.288. The summed E-state index contributed by atoms with van der Waals surface area (Å²) in [6.45, 7) is 0. The van der Waals surface area contributed by atoms with Gasteiger partial charge in [0, 0.05) is 21.5 Å². The lowest BCUT2D eigenvalue weighted by Crippen LogP contribution is -1.96. The Bertz CT molecular complexity index is 1700. The van der Waals surface area contributed by atoms with Gasteiger partial charge < -0.3 is 4.57 Å². The van der Waals surface area contributed by atoms with Gasteiger partial charge in [0.2, 0.25) is 0 Å². The number of hydrogen-bond acceptors (Lipinski definition) is 1. The lowest BCUT2D eigenvalue weighted by Gasteiger charge is -2.11. The van der Waals surface area contributed by atoms with Crippen LogP contribution in [-0.2, 0) is 0 Å². The third kappa shape index (κ3) is 1.91. The second kappa shape index (κ2) is 5.71. The van der Waals surface area contributed by atoms with Gasteiger partial charge >= 0.3 is 0 Å². The number of pyridine rings is 1. The number of benzene rings is 4. The molecular formula is C27H17N3. The molecule has 4 aromatic carbocycles. The van der Waals surface area contributed by atoms with Gasteiger partial charge in [-0.3, -0.25) is 0 Å². The Hall–Kier alpha value is -4.11. The van der Waals surface area contributed by atoms with Crippen molar-refractivity contribution in [3.63, 3.8) is 0 Å². The van der Waals surface area contributed by atoms with Gasteiger partial charge in [0.25, 0.3) is 0 Å². The lowest BCUT2D eigenvalue weighted by atomic mass is 10.0. The molecule has 0 bridgehead atoms. The highest BCUT2D eigenvalue weighted by molar-refractivity contribution is 6.15. The molecule has 0 aliphatic rings. The van der Waals surface area contributed by atoms with E-state index < -0.39 is 0 Å². The maximum Gasteiger partial charge on any atom is 0.0988 e. The van der Waals surface area contributed by atoms with Gasteiger partial charge in [0.05, 0.1) is 34.0 Å². The van der Waals surface area contributed by atoms with E-state index in [4.69, 9.17) is 5.10 Å². The standard InChI is InChI=1S/C27H17N3/c1-2-13-22-18(9-1)19-10-5-8-16-25(19)30-27(22)26(17-28-30)29-23-14-6-3-11-20(23)21-12-4-7-15-24(21)29/h1-17H. The van der Waals surface area contributed by atoms with E-state index in [0.29, 0.717) is 0 Å². The number of fused-ring (bicyclic) bond motifs is 9. The average Bonchev–Trinajstić information content (AvgIpc) is 3.39. The summed E-state index contributed by atoms with van der Waals surface area (Å²) in [7, 11) is 0. The van der Waals surface area contributed by atoms with E-state index in [-0.39, 0.29) is 0 Å². The van der Waals surface area contributed by atoms with E-state index in [1.54, 1.807) is 0 Å². The molecule has 0 saturated carbocycles. The summed E-state index contributed by atoms with van der Waals surface area (Å²) in [6, 6.07) is 34.4. The van der Waals surface area contributed by atoms with E-state index in [1.165, 1.54) is 38.0 Å². The smallest absolute Gasteiger partial charge is 0.0988 e. The first-order valence-electron chi connectivity index (χ1n) is 10.2. The molecule has 140 valence electrons. The van der Waals surface area contributed by atoms with Crippen LogP contribution in [0.1, 0.15) is 0 Å². The summed E-state index contributed by atoms with van der Waals surface area (Å²) >= 11 is 0. The van der Waals surface area contributed by atoms with E-state index in [2.05, 4.69) is 106 Å². The Morgan fingerprint density at radius 3 is 1.57 bits per heavy atom. The van der Waals surface area contributed by atoms with Gasteiger partial charge in [0.1, 0.15) is 0 Å². The van der Waals surface area contributed by atoms with Crippen LogP contribution in [0.4, 0.5) is 0 Å². The fraction of sp³-hybridized carbons (Fsp3) is 0. The summed E-state index contributed by atoms with van der Waals surface area (Å²) in [4.78, 5) is 0. The summed E-state index contributed by atoms with van der Waals surface area (Å²) in [6.07, 6.45) is 2.01. The largest absolute Gasteiger partial charge is 0.306 e. The van der Waals surface area contributed by atoms with Gasteiger partial charge in [-0.2, -0.15) is 5.10 Å². The maximum atomic E-state index is 4.86. The fourth-order valence-corrected chi connectivity index (χ4v) is 4.93. The van der Waals surface area contributed by atoms with Crippen LogP contribution in [0, 0.1) is 0 Å². The minimum absolute atomic E-state index is 1.11. The predicted molar refractivity (Wildman–Crippen MR) is 125 cm³/mol. The van der Waals surface area contributed by atoms with Crippen molar-refractivity contribution in [3.8, 4) is 5.69 Å². The van der Waals surface area contributed by atoms with Crippen LogP contribution >= 0.6 is 0 Å². The van der Waals surface area contributed by atoms with Crippen LogP contribution in [0.3, 0.4) is 0 Å². The van der Waals surface area contributed by atoms with E-state index in [0.717, 1.165) is 16.7 Å². The normalized spacial score (nSPS) is 12.0. The van der Waals surface area contributed by atoms with Crippen LogP contribution in [0.2, 0.25) is 0 Å². The Morgan fingerprint density at radius 2 is 0.933 bits per heavy atom. The van der Waals surface area contributed by atoms with Gasteiger partial charge in [-0.05, 0) is 23.6 Å². The fourth-order valence-electron chi connectivity index (χ4n) is 4.93. The Morgan fingerprint density at radius 1 is 0.467 bits per heavy atom. The third-order valence-electron chi connectivity index (χ3n) is 6.18. The monoisotopic (exact) mass is 383 g/mol. The van der Waals surface area contributed by atoms with Crippen LogP contribution < -0.4 is 0 Å². The highest BCUT2D eigenvalue weighted by Gasteiger charge is 2.18. The Labute approximate surface area is 172 Å². The molecule has 3 aromatic heterocycles. The molecule has 0 aliphatic heterocycles. The van der Waals surface area contributed by atoms with Crippen LogP contribution in [0.15, 0.2) is 103 Å². The molecule has 0 radical (unpaired) electrons. The van der Waals surface area contributed by atoms with Crippen molar-refractivity contribution in [3.05, 3.63) is 103 Å². The lowest BCUT2D eigenvalue weighted by molar-refractivity contribution is 1.01. The summed E-state index contributed by atoms with van der Waals surface area (Å²) in [5, 5.41) is 11.1. The predicted octanol–water partition coefficient (Wildman–Crippen LogP) is 6.74. The molecule has 0 aliphatic carbocycles. The average molecular weight is 383 g/mol. The van der Waals surface area contributed by atoms with E-state index in [1.807, 2.05) is 6.20 Å². The van der Waals surface area contributed by atoms with Gasteiger partial charge in [-0.15, -0.1) is 0 Å². The van der Waals surface area contributed by atoms with Gasteiger partial charge in [-0.25, -0.2) is 4.52 Å². The minimum atomic E-state index is 1.11. The number of rotatable bonds is 1. The third-order valence-corrected chi connectivity index (χ3v) is 6.18. The van der Waals surface area contributed by atoms with Crippen LogP contribution in [0.25, 0.3) is 54.7 Å². The highest BCUT2D eigenvalue weighted by Crippen LogP contribution is 2.37. The molecule has 0 unspecified atom stereocenters. The molecule has 3 heteroatoms. The molecular weight excluding hydrogens is 366 g/mol. The second-order valence-electron chi connectivity index (χ2n) is 7.72. The summed E-state index contributed by atoms with van der Waals surface area (Å²) < 4.78 is 4.45. The molecule has 3 heterocycles. The maximum absolute atomic E-state index is 4.86. The van der Waals surface area contributed by atoms with Crippen molar-refractivity contribution >= 4 is 49.0 Å². The summed E-state index contributed by atoms with van der Waals surface area (Å²) in [5.74, 6) is 0. The zero-order valence-corrected chi connectivity index (χ0v) is 16.2. The van der Waals surface area contributed by atoms with Crippen LogP contribution in [-0.4, -0.2) is 14.2 Å². The molecule has 0 fully saturated rings. The zero-order valence-electron chi connectivity index (χ0n) is 16.2. The molecule has 3 nitrogen and oxygen atoms in total. The van der Waals surface area contributed by atoms with E-state index in [9.17, 15) is 0 Å². The SMILES string of the molecule is c1ccc2c(c1)c1ccccc1n1ncc(-n3c4ccccc4c4ccccc43)c21. The molecule has 0 N–H and O–H groups in total. The number of aromatic nitrogens is 3. The van der Waals surface area contributed by atoms with Crippen LogP contribution in [0.5, 0.6) is 0 Å². The molecule has 7 rings (SSSR count). The minimum Gasteiger partial charge on any atom is -0.306 e. The first-order chi connectivity index (χ1) is 14.9. The van der Waals surface area contributed by atoms with Crippen molar-refractivity contribution in [1.29, 1.82) is 0 Å². The zero-order chi connectivity index (χ0) is 19.7. The molecule has 0 atom stereocenters. The highest BCUT2D eigenvalue weighted by atomic mass is 15.2. The van der Waals surface area contributed by atoms with Crippen molar-refractivity contribution in [2.75, 3.05) is 0 Å². The van der Waals surface area contributed by atoms with Crippen molar-refractivity contribution < 1.29 is 0 Å². The first-order valence-corrected chi connectivity index (χ1v) is 10.2. The molecule has 30 heavy (non-hydrogen) atoms. The van der Waals surface area contributed by atoms with Crippen molar-refractivity contribution in [2.24, 2.45) is 0 Å². The molecule has 7 aromatic rings. The number of para-hydroxylation sites is 3. The molecule has 0 saturated heterocycles. The topological polar surface area (TPSA) is 22.2 Å². The Balaban J connectivity index is 1.75. The first kappa shape index (κ1) is 15.8. The van der Waals surface area contributed by atoms with Gasteiger partial charge in [-0.1, -0.05) is 78.9 Å². The molecule has 0 spiro atoms. The van der Waals surface area contributed by atoms with Crippen molar-refractivity contribution in [1.82, 2.24) is 14.2 Å². The second-order valence-corrected chi connectivity index (χ2v) is 7.72.